The number of nitrogens with zero attached hydrogens (tertiary/aromatic N) is 5. The molecule has 1 atom stereocenters. The number of aromatic nitrogens is 2. The van der Waals surface area contributed by atoms with Gasteiger partial charge in [0.05, 0.1) is 6.54 Å². The van der Waals surface area contributed by atoms with Crippen LogP contribution in [0.3, 0.4) is 0 Å². The molecular formula is C17H33N7. The third-order valence-electron chi connectivity index (χ3n) is 4.43. The number of aryl methyl sites for hydroxylation is 1. The summed E-state index contributed by atoms with van der Waals surface area (Å²) in [5.74, 6) is 0.916. The lowest BCUT2D eigenvalue weighted by molar-refractivity contribution is 0.122. The Morgan fingerprint density at radius 2 is 2.04 bits per heavy atom. The number of likely N-dealkylation sites (N-methyl/N-ethyl adjacent to an activating group) is 1. The maximum atomic E-state index is 4.76. The molecule has 0 bridgehead atoms. The number of nitrogens with one attached hydrogen (secondary N) is 2. The first-order valence-corrected chi connectivity index (χ1v) is 9.11. The predicted molar refractivity (Wildman–Crippen MR) is 99.4 cm³/mol. The molecule has 1 unspecified atom stereocenters. The molecule has 1 aromatic rings. The molecule has 2 rings (SSSR count). The van der Waals surface area contributed by atoms with Crippen molar-refractivity contribution >= 4 is 5.96 Å². The Balaban J connectivity index is 1.70. The Labute approximate surface area is 146 Å². The van der Waals surface area contributed by atoms with Gasteiger partial charge in [-0.2, -0.15) is 5.10 Å². The van der Waals surface area contributed by atoms with Gasteiger partial charge in [0.25, 0.3) is 0 Å². The SMILES string of the molecule is CCNC(=NCC(C)N1CCN(C)CC1)NCCCn1cccn1. The molecule has 0 aromatic carbocycles. The van der Waals surface area contributed by atoms with Gasteiger partial charge in [0.2, 0.25) is 0 Å². The second kappa shape index (κ2) is 10.3. The van der Waals surface area contributed by atoms with Crippen molar-refractivity contribution in [3.8, 4) is 0 Å². The summed E-state index contributed by atoms with van der Waals surface area (Å²) in [5.41, 5.74) is 0. The molecule has 24 heavy (non-hydrogen) atoms. The molecule has 2 N–H and O–H groups in total. The molecule has 0 aliphatic carbocycles. The maximum Gasteiger partial charge on any atom is 0.191 e. The van der Waals surface area contributed by atoms with E-state index in [0.29, 0.717) is 6.04 Å². The number of piperazine rings is 1. The summed E-state index contributed by atoms with van der Waals surface area (Å²) < 4.78 is 1.96. The first kappa shape index (κ1) is 18.7. The van der Waals surface area contributed by atoms with E-state index in [4.69, 9.17) is 4.99 Å². The van der Waals surface area contributed by atoms with E-state index in [1.165, 1.54) is 0 Å². The Morgan fingerprint density at radius 3 is 2.71 bits per heavy atom. The normalized spacial score (nSPS) is 18.5. The van der Waals surface area contributed by atoms with Gasteiger partial charge < -0.3 is 15.5 Å². The van der Waals surface area contributed by atoms with E-state index in [1.54, 1.807) is 0 Å². The first-order chi connectivity index (χ1) is 11.7. The summed E-state index contributed by atoms with van der Waals surface area (Å²) in [4.78, 5) is 9.68. The predicted octanol–water partition coefficient (Wildman–Crippen LogP) is 0.464. The van der Waals surface area contributed by atoms with E-state index in [2.05, 4.69) is 46.4 Å². The van der Waals surface area contributed by atoms with Crippen LogP contribution in [-0.4, -0.2) is 84.4 Å². The van der Waals surface area contributed by atoms with Crippen molar-refractivity contribution in [2.75, 3.05) is 52.9 Å². The van der Waals surface area contributed by atoms with Crippen molar-refractivity contribution in [1.82, 2.24) is 30.2 Å². The van der Waals surface area contributed by atoms with Crippen molar-refractivity contribution in [3.63, 3.8) is 0 Å². The molecule has 2 heterocycles. The Hall–Kier alpha value is -1.60. The van der Waals surface area contributed by atoms with Crippen LogP contribution in [0.1, 0.15) is 20.3 Å². The second-order valence-electron chi connectivity index (χ2n) is 6.46. The number of rotatable bonds is 8. The fourth-order valence-corrected chi connectivity index (χ4v) is 2.82. The molecule has 0 spiro atoms. The van der Waals surface area contributed by atoms with Crippen LogP contribution in [0.5, 0.6) is 0 Å². The Morgan fingerprint density at radius 1 is 1.25 bits per heavy atom. The molecule has 0 amide bonds. The van der Waals surface area contributed by atoms with Gasteiger partial charge in [0.1, 0.15) is 0 Å². The number of guanidine groups is 1. The minimum Gasteiger partial charge on any atom is -0.357 e. The van der Waals surface area contributed by atoms with Crippen molar-refractivity contribution < 1.29 is 0 Å². The van der Waals surface area contributed by atoms with Crippen LogP contribution in [0.4, 0.5) is 0 Å². The van der Waals surface area contributed by atoms with Crippen LogP contribution >= 0.6 is 0 Å². The van der Waals surface area contributed by atoms with Gasteiger partial charge in [-0.05, 0) is 33.4 Å². The van der Waals surface area contributed by atoms with E-state index in [0.717, 1.165) is 64.7 Å². The number of hydrogen-bond donors (Lipinski definition) is 2. The fraction of sp³-hybridized carbons (Fsp3) is 0.765. The van der Waals surface area contributed by atoms with Crippen LogP contribution in [0.25, 0.3) is 0 Å². The van der Waals surface area contributed by atoms with Gasteiger partial charge in [0.15, 0.2) is 5.96 Å². The lowest BCUT2D eigenvalue weighted by Gasteiger charge is -2.35. The average Bonchev–Trinajstić information content (AvgIpc) is 3.10. The van der Waals surface area contributed by atoms with Gasteiger partial charge in [-0.1, -0.05) is 0 Å². The fourth-order valence-electron chi connectivity index (χ4n) is 2.82. The molecule has 136 valence electrons. The quantitative estimate of drug-likeness (QED) is 0.411. The minimum atomic E-state index is 0.484. The molecule has 1 aliphatic heterocycles. The van der Waals surface area contributed by atoms with Crippen molar-refractivity contribution in [3.05, 3.63) is 18.5 Å². The van der Waals surface area contributed by atoms with Gasteiger partial charge in [-0.15, -0.1) is 0 Å². The molecule has 1 fully saturated rings. The maximum absolute atomic E-state index is 4.76. The lowest BCUT2D eigenvalue weighted by atomic mass is 10.2. The van der Waals surface area contributed by atoms with Gasteiger partial charge in [-0.25, -0.2) is 0 Å². The largest absolute Gasteiger partial charge is 0.357 e. The lowest BCUT2D eigenvalue weighted by Crippen LogP contribution is -2.49. The Bertz CT molecular complexity index is 463. The van der Waals surface area contributed by atoms with Crippen LogP contribution in [0.15, 0.2) is 23.5 Å². The number of aliphatic imine (C=N–C) groups is 1. The van der Waals surface area contributed by atoms with Crippen molar-refractivity contribution in [2.24, 2.45) is 4.99 Å². The van der Waals surface area contributed by atoms with Gasteiger partial charge in [-0.3, -0.25) is 14.6 Å². The third-order valence-corrected chi connectivity index (χ3v) is 4.43. The third kappa shape index (κ3) is 6.49. The van der Waals surface area contributed by atoms with E-state index in [-0.39, 0.29) is 0 Å². The summed E-state index contributed by atoms with van der Waals surface area (Å²) in [7, 11) is 2.19. The number of hydrogen-bond acceptors (Lipinski definition) is 4. The van der Waals surface area contributed by atoms with E-state index < -0.39 is 0 Å². The zero-order valence-corrected chi connectivity index (χ0v) is 15.4. The summed E-state index contributed by atoms with van der Waals surface area (Å²) >= 11 is 0. The molecule has 1 aliphatic rings. The Kier molecular flexibility index (Phi) is 8.04. The molecule has 7 nitrogen and oxygen atoms in total. The summed E-state index contributed by atoms with van der Waals surface area (Å²) in [6.07, 6.45) is 4.84. The van der Waals surface area contributed by atoms with Gasteiger partial charge in [0, 0.05) is 64.2 Å². The topological polar surface area (TPSA) is 60.7 Å². The van der Waals surface area contributed by atoms with E-state index >= 15 is 0 Å². The molecule has 0 radical (unpaired) electrons. The summed E-state index contributed by atoms with van der Waals surface area (Å²) in [5, 5.41) is 11.0. The van der Waals surface area contributed by atoms with Crippen molar-refractivity contribution in [1.29, 1.82) is 0 Å². The summed E-state index contributed by atoms with van der Waals surface area (Å²) in [6.45, 7) is 12.5. The minimum absolute atomic E-state index is 0.484. The first-order valence-electron chi connectivity index (χ1n) is 9.11. The zero-order valence-electron chi connectivity index (χ0n) is 15.4. The highest BCUT2D eigenvalue weighted by molar-refractivity contribution is 5.79. The van der Waals surface area contributed by atoms with Crippen LogP contribution in [0.2, 0.25) is 0 Å². The monoisotopic (exact) mass is 335 g/mol. The summed E-state index contributed by atoms with van der Waals surface area (Å²) in [6, 6.07) is 2.44. The second-order valence-corrected chi connectivity index (χ2v) is 6.46. The molecule has 1 saturated heterocycles. The van der Waals surface area contributed by atoms with Crippen LogP contribution in [-0.2, 0) is 6.54 Å². The standard InChI is InChI=1S/C17H33N7/c1-4-18-17(19-7-5-9-24-10-6-8-21-24)20-15-16(2)23-13-11-22(3)12-14-23/h6,8,10,16H,4-5,7,9,11-15H2,1-3H3,(H2,18,19,20). The smallest absolute Gasteiger partial charge is 0.191 e. The molecule has 7 heteroatoms. The van der Waals surface area contributed by atoms with Crippen LogP contribution in [0, 0.1) is 0 Å². The average molecular weight is 336 g/mol. The van der Waals surface area contributed by atoms with E-state index in [1.807, 2.05) is 23.1 Å². The highest BCUT2D eigenvalue weighted by Gasteiger charge is 2.18. The van der Waals surface area contributed by atoms with Crippen LogP contribution < -0.4 is 10.6 Å². The molecule has 1 aromatic heterocycles. The van der Waals surface area contributed by atoms with E-state index in [9.17, 15) is 0 Å². The highest BCUT2D eigenvalue weighted by Crippen LogP contribution is 2.05. The highest BCUT2D eigenvalue weighted by atomic mass is 15.3. The zero-order chi connectivity index (χ0) is 17.2. The molecular weight excluding hydrogens is 302 g/mol. The van der Waals surface area contributed by atoms with Crippen molar-refractivity contribution in [2.45, 2.75) is 32.9 Å². The van der Waals surface area contributed by atoms with Gasteiger partial charge >= 0.3 is 0 Å². The molecule has 0 saturated carbocycles.